The number of ketones is 1. The Morgan fingerprint density at radius 2 is 1.69 bits per heavy atom. The van der Waals surface area contributed by atoms with Crippen molar-refractivity contribution in [1.29, 1.82) is 0 Å². The lowest BCUT2D eigenvalue weighted by Crippen LogP contribution is -2.39. The summed E-state index contributed by atoms with van der Waals surface area (Å²) in [4.78, 5) is 13.6. The van der Waals surface area contributed by atoms with Crippen molar-refractivity contribution in [3.63, 3.8) is 0 Å². The Morgan fingerprint density at radius 3 is 2.46 bits per heavy atom. The predicted octanol–water partition coefficient (Wildman–Crippen LogP) is 6.19. The van der Waals surface area contributed by atoms with Crippen LogP contribution in [0.3, 0.4) is 0 Å². The quantitative estimate of drug-likeness (QED) is 0.504. The first kappa shape index (κ1) is 18.8. The summed E-state index contributed by atoms with van der Waals surface area (Å²) >= 11 is 0. The molecule has 3 rings (SSSR count). The molecule has 2 aromatic carbocycles. The highest BCUT2D eigenvalue weighted by molar-refractivity contribution is 6.00. The molecule has 0 bridgehead atoms. The van der Waals surface area contributed by atoms with Crippen molar-refractivity contribution >= 4 is 5.78 Å². The molecule has 2 nitrogen and oxygen atoms in total. The summed E-state index contributed by atoms with van der Waals surface area (Å²) in [5.74, 6) is 0.211. The van der Waals surface area contributed by atoms with Crippen LogP contribution >= 0.6 is 0 Å². The second-order valence-electron chi connectivity index (χ2n) is 7.31. The predicted molar refractivity (Wildman–Crippen MR) is 107 cm³/mol. The number of carbonyl (C=O) groups is 1. The molecule has 0 radical (unpaired) electrons. The smallest absolute Gasteiger partial charge is 0.177 e. The molecule has 26 heavy (non-hydrogen) atoms. The van der Waals surface area contributed by atoms with E-state index >= 15 is 0 Å². The highest BCUT2D eigenvalue weighted by Crippen LogP contribution is 2.52. The number of hydrogen-bond acceptors (Lipinski definition) is 2. The van der Waals surface area contributed by atoms with Crippen molar-refractivity contribution in [2.45, 2.75) is 64.9 Å². The van der Waals surface area contributed by atoms with Crippen molar-refractivity contribution in [1.82, 2.24) is 0 Å². The summed E-state index contributed by atoms with van der Waals surface area (Å²) in [6.45, 7) is 6.97. The van der Waals surface area contributed by atoms with E-state index in [0.717, 1.165) is 47.1 Å². The molecule has 1 aliphatic rings. The van der Waals surface area contributed by atoms with Crippen molar-refractivity contribution < 1.29 is 9.53 Å². The number of carbonyl (C=O) groups excluding carboxylic acids is 1. The molecule has 138 valence electrons. The zero-order valence-electron chi connectivity index (χ0n) is 16.3. The van der Waals surface area contributed by atoms with Crippen molar-refractivity contribution in [3.8, 4) is 11.1 Å². The average molecular weight is 351 g/mol. The Kier molecular flexibility index (Phi) is 5.93. The second kappa shape index (κ2) is 8.18. The van der Waals surface area contributed by atoms with Gasteiger partial charge >= 0.3 is 0 Å². The Morgan fingerprint density at radius 1 is 0.923 bits per heavy atom. The molecule has 1 aliphatic carbocycles. The summed E-state index contributed by atoms with van der Waals surface area (Å²) in [6.07, 6.45) is 5.88. The van der Waals surface area contributed by atoms with E-state index < -0.39 is 5.60 Å². The van der Waals surface area contributed by atoms with Crippen molar-refractivity contribution in [2.24, 2.45) is 0 Å². The molecule has 0 spiro atoms. The number of benzene rings is 2. The molecule has 1 unspecified atom stereocenters. The van der Waals surface area contributed by atoms with Crippen molar-refractivity contribution in [3.05, 3.63) is 59.2 Å². The molecule has 0 heterocycles. The average Bonchev–Trinajstić information content (AvgIpc) is 2.96. The molecule has 0 fully saturated rings. The van der Waals surface area contributed by atoms with Gasteiger partial charge in [0.2, 0.25) is 0 Å². The molecule has 1 atom stereocenters. The number of ether oxygens (including phenoxy) is 1. The molecular formula is C24H30O2. The first-order chi connectivity index (χ1) is 12.7. The Balaban J connectivity index is 2.10. The topological polar surface area (TPSA) is 26.3 Å². The zero-order valence-corrected chi connectivity index (χ0v) is 16.3. The van der Waals surface area contributed by atoms with Gasteiger partial charge in [0.1, 0.15) is 0 Å². The third kappa shape index (κ3) is 3.12. The van der Waals surface area contributed by atoms with Gasteiger partial charge in [-0.15, -0.1) is 0 Å². The van der Waals surface area contributed by atoms with Gasteiger partial charge in [0.05, 0.1) is 0 Å². The van der Waals surface area contributed by atoms with E-state index in [9.17, 15) is 4.79 Å². The Labute approximate surface area is 157 Å². The zero-order chi connectivity index (χ0) is 18.6. The molecule has 0 amide bonds. The fraction of sp³-hybridized carbons (Fsp3) is 0.458. The summed E-state index contributed by atoms with van der Waals surface area (Å²) in [7, 11) is 0. The number of rotatable bonds is 9. The van der Waals surface area contributed by atoms with E-state index in [2.05, 4.69) is 51.1 Å². The highest BCUT2D eigenvalue weighted by Gasteiger charge is 2.50. The van der Waals surface area contributed by atoms with Gasteiger partial charge in [0.25, 0.3) is 0 Å². The van der Waals surface area contributed by atoms with Crippen LogP contribution in [0.25, 0.3) is 11.1 Å². The lowest BCUT2D eigenvalue weighted by molar-refractivity contribution is -0.140. The number of aryl methyl sites for hydroxylation is 1. The largest absolute Gasteiger partial charge is 0.358 e. The third-order valence-electron chi connectivity index (χ3n) is 5.39. The van der Waals surface area contributed by atoms with Crippen LogP contribution in [-0.4, -0.2) is 12.4 Å². The summed E-state index contributed by atoms with van der Waals surface area (Å²) in [5.41, 5.74) is 4.59. The molecular weight excluding hydrogens is 320 g/mol. The molecule has 2 aromatic rings. The number of unbranched alkanes of at least 4 members (excludes halogenated alkanes) is 3. The minimum absolute atomic E-state index is 0.211. The van der Waals surface area contributed by atoms with Gasteiger partial charge in [-0.25, -0.2) is 0 Å². The molecule has 0 N–H and O–H groups in total. The highest BCUT2D eigenvalue weighted by atomic mass is 16.5. The minimum atomic E-state index is -0.931. The Hall–Kier alpha value is -1.93. The first-order valence-corrected chi connectivity index (χ1v) is 10.0. The lowest BCUT2D eigenvalue weighted by Gasteiger charge is -2.32. The van der Waals surface area contributed by atoms with E-state index in [4.69, 9.17) is 4.74 Å². The monoisotopic (exact) mass is 350 g/mol. The van der Waals surface area contributed by atoms with Crippen LogP contribution in [0.2, 0.25) is 0 Å². The minimum Gasteiger partial charge on any atom is -0.358 e. The van der Waals surface area contributed by atoms with E-state index in [1.54, 1.807) is 0 Å². The molecule has 2 heteroatoms. The van der Waals surface area contributed by atoms with Crippen molar-refractivity contribution in [2.75, 3.05) is 6.61 Å². The maximum Gasteiger partial charge on any atom is 0.177 e. The Bertz CT molecular complexity index is 778. The van der Waals surface area contributed by atoms with Crippen LogP contribution in [0.4, 0.5) is 0 Å². The maximum absolute atomic E-state index is 13.6. The first-order valence-electron chi connectivity index (χ1n) is 10.0. The SMILES string of the molecule is CCCCCCC(=O)C1(OCCC)c2ccccc2-c2cccc(C)c21. The van der Waals surface area contributed by atoms with Crippen LogP contribution in [0.5, 0.6) is 0 Å². The van der Waals surface area contributed by atoms with Gasteiger partial charge in [-0.3, -0.25) is 4.79 Å². The van der Waals surface area contributed by atoms with Gasteiger partial charge in [0, 0.05) is 24.2 Å². The molecule has 0 aromatic heterocycles. The van der Waals surface area contributed by atoms with Crippen LogP contribution in [-0.2, 0) is 15.1 Å². The van der Waals surface area contributed by atoms with Crippen LogP contribution in [0.15, 0.2) is 42.5 Å². The van der Waals surface area contributed by atoms with Gasteiger partial charge in [-0.2, -0.15) is 0 Å². The fourth-order valence-electron chi connectivity index (χ4n) is 4.18. The fourth-order valence-corrected chi connectivity index (χ4v) is 4.18. The van der Waals surface area contributed by atoms with Crippen LogP contribution < -0.4 is 0 Å². The van der Waals surface area contributed by atoms with E-state index in [1.165, 1.54) is 12.8 Å². The number of Topliss-reactive ketones (excluding diaryl/α,β-unsaturated/α-hetero) is 1. The molecule has 0 saturated heterocycles. The molecule has 0 aliphatic heterocycles. The standard InChI is InChI=1S/C24H30O2/c1-4-6-7-8-16-22(25)24(26-17-5-2)21-15-10-9-13-19(21)20-14-11-12-18(3)23(20)24/h9-15H,4-8,16-17H2,1-3H3. The van der Waals surface area contributed by atoms with Gasteiger partial charge < -0.3 is 4.74 Å². The number of fused-ring (bicyclic) bond motifs is 3. The van der Waals surface area contributed by atoms with Gasteiger partial charge in [-0.1, -0.05) is 75.6 Å². The van der Waals surface area contributed by atoms with E-state index in [1.807, 2.05) is 12.1 Å². The summed E-state index contributed by atoms with van der Waals surface area (Å²) in [6, 6.07) is 14.6. The van der Waals surface area contributed by atoms with Gasteiger partial charge in [-0.05, 0) is 36.5 Å². The normalized spacial score (nSPS) is 17.8. The molecule has 0 saturated carbocycles. The van der Waals surface area contributed by atoms with E-state index in [0.29, 0.717) is 13.0 Å². The second-order valence-corrected chi connectivity index (χ2v) is 7.31. The third-order valence-corrected chi connectivity index (χ3v) is 5.39. The summed E-state index contributed by atoms with van der Waals surface area (Å²) in [5, 5.41) is 0. The number of hydrogen-bond donors (Lipinski definition) is 0. The van der Waals surface area contributed by atoms with Crippen LogP contribution in [0, 0.1) is 6.92 Å². The summed E-state index contributed by atoms with van der Waals surface area (Å²) < 4.78 is 6.44. The van der Waals surface area contributed by atoms with Crippen LogP contribution in [0.1, 0.15) is 69.1 Å². The van der Waals surface area contributed by atoms with E-state index in [-0.39, 0.29) is 5.78 Å². The maximum atomic E-state index is 13.6. The lowest BCUT2D eigenvalue weighted by atomic mass is 9.82. The van der Waals surface area contributed by atoms with Gasteiger partial charge in [0.15, 0.2) is 11.4 Å².